The molecule has 1 amide bonds. The highest BCUT2D eigenvalue weighted by molar-refractivity contribution is 5.91. The fraction of sp³-hybridized carbons (Fsp3) is 0.632. The van der Waals surface area contributed by atoms with Crippen LogP contribution in [0.3, 0.4) is 0 Å². The van der Waals surface area contributed by atoms with Gasteiger partial charge in [-0.15, -0.1) is 0 Å². The smallest absolute Gasteiger partial charge is 0.233 e. The molecule has 1 N–H and O–H groups in total. The molecule has 2 aliphatic heterocycles. The van der Waals surface area contributed by atoms with Crippen molar-refractivity contribution < 1.29 is 19.0 Å². The number of hydrogen-bond donors (Lipinski definition) is 1. The molecular weight excluding hydrogens is 309 g/mol. The molecule has 5 heteroatoms. The quantitative estimate of drug-likeness (QED) is 0.904. The summed E-state index contributed by atoms with van der Waals surface area (Å²) >= 11 is 0. The summed E-state index contributed by atoms with van der Waals surface area (Å²) in [5, 5.41) is 10.3. The highest BCUT2D eigenvalue weighted by Crippen LogP contribution is 2.51. The van der Waals surface area contributed by atoms with Crippen molar-refractivity contribution >= 4 is 5.91 Å². The number of aliphatic hydroxyl groups excluding tert-OH is 1. The third kappa shape index (κ3) is 2.45. The van der Waals surface area contributed by atoms with E-state index in [1.807, 2.05) is 4.90 Å². The minimum atomic E-state index is -0.665. The second-order valence-corrected chi connectivity index (χ2v) is 7.43. The van der Waals surface area contributed by atoms with Crippen LogP contribution in [0.2, 0.25) is 0 Å². The number of halogens is 1. The lowest BCUT2D eigenvalue weighted by atomic mass is 9.81. The van der Waals surface area contributed by atoms with Crippen molar-refractivity contribution in [1.82, 2.24) is 4.90 Å². The SMILES string of the molecule is O=C(N1CCC2(CC1)OCCC[C@H]2O)C1(c2ccccc2F)CC1. The van der Waals surface area contributed by atoms with E-state index in [1.54, 1.807) is 18.2 Å². The predicted octanol–water partition coefficient (Wildman–Crippen LogP) is 2.39. The second-order valence-electron chi connectivity index (χ2n) is 7.43. The molecule has 2 heterocycles. The summed E-state index contributed by atoms with van der Waals surface area (Å²) in [6.07, 6.45) is 3.97. The summed E-state index contributed by atoms with van der Waals surface area (Å²) < 4.78 is 20.1. The molecule has 3 fully saturated rings. The van der Waals surface area contributed by atoms with E-state index < -0.39 is 17.1 Å². The van der Waals surface area contributed by atoms with Crippen LogP contribution in [-0.4, -0.2) is 47.3 Å². The highest BCUT2D eigenvalue weighted by Gasteiger charge is 2.55. The lowest BCUT2D eigenvalue weighted by Gasteiger charge is -2.47. The molecule has 0 radical (unpaired) electrons. The molecule has 130 valence electrons. The van der Waals surface area contributed by atoms with Crippen LogP contribution in [0.4, 0.5) is 4.39 Å². The normalized spacial score (nSPS) is 27.9. The average Bonchev–Trinajstić information content (AvgIpc) is 3.40. The number of hydrogen-bond acceptors (Lipinski definition) is 3. The number of aliphatic hydroxyl groups is 1. The Morgan fingerprint density at radius 1 is 1.21 bits per heavy atom. The first kappa shape index (κ1) is 16.0. The number of likely N-dealkylation sites (tertiary alicyclic amines) is 1. The summed E-state index contributed by atoms with van der Waals surface area (Å²) in [6.45, 7) is 1.84. The van der Waals surface area contributed by atoms with Gasteiger partial charge in [-0.1, -0.05) is 18.2 Å². The molecule has 0 aromatic heterocycles. The van der Waals surface area contributed by atoms with Crippen molar-refractivity contribution in [2.45, 2.75) is 55.6 Å². The number of ether oxygens (including phenoxy) is 1. The van der Waals surface area contributed by atoms with E-state index in [9.17, 15) is 14.3 Å². The summed E-state index contributed by atoms with van der Waals surface area (Å²) in [7, 11) is 0. The van der Waals surface area contributed by atoms with Gasteiger partial charge >= 0.3 is 0 Å². The minimum absolute atomic E-state index is 0.0350. The number of benzene rings is 1. The lowest BCUT2D eigenvalue weighted by molar-refractivity contribution is -0.180. The first-order valence-corrected chi connectivity index (χ1v) is 8.94. The monoisotopic (exact) mass is 333 g/mol. The zero-order valence-corrected chi connectivity index (χ0v) is 13.8. The Balaban J connectivity index is 1.48. The molecule has 1 atom stereocenters. The number of carbonyl (C=O) groups is 1. The Bertz CT molecular complexity index is 635. The van der Waals surface area contributed by atoms with E-state index in [0.717, 1.165) is 12.8 Å². The molecule has 0 unspecified atom stereocenters. The molecule has 24 heavy (non-hydrogen) atoms. The largest absolute Gasteiger partial charge is 0.390 e. The van der Waals surface area contributed by atoms with Crippen LogP contribution in [-0.2, 0) is 14.9 Å². The molecule has 2 saturated heterocycles. The van der Waals surface area contributed by atoms with Gasteiger partial charge in [0.15, 0.2) is 0 Å². The molecular formula is C19H24FNO3. The topological polar surface area (TPSA) is 49.8 Å². The van der Waals surface area contributed by atoms with Crippen molar-refractivity contribution in [3.05, 3.63) is 35.6 Å². The lowest BCUT2D eigenvalue weighted by Crippen LogP contribution is -2.57. The van der Waals surface area contributed by atoms with Gasteiger partial charge in [-0.25, -0.2) is 4.39 Å². The Morgan fingerprint density at radius 2 is 1.92 bits per heavy atom. The Labute approximate surface area is 141 Å². The summed E-state index contributed by atoms with van der Waals surface area (Å²) in [4.78, 5) is 14.9. The van der Waals surface area contributed by atoms with Gasteiger partial charge in [0, 0.05) is 25.3 Å². The van der Waals surface area contributed by atoms with E-state index in [1.165, 1.54) is 6.07 Å². The van der Waals surface area contributed by atoms with Crippen LogP contribution in [0.25, 0.3) is 0 Å². The zero-order valence-electron chi connectivity index (χ0n) is 13.8. The molecule has 1 spiro atoms. The van der Waals surface area contributed by atoms with E-state index in [0.29, 0.717) is 50.9 Å². The maximum absolute atomic E-state index is 14.2. The zero-order chi connectivity index (χ0) is 16.8. The molecule has 1 aromatic carbocycles. The fourth-order valence-electron chi connectivity index (χ4n) is 4.35. The standard InChI is InChI=1S/C19H24FNO3/c20-15-5-2-1-4-14(15)18(7-8-18)17(23)21-11-9-19(10-12-21)16(22)6-3-13-24-19/h1-2,4-5,16,22H,3,6-13H2/t16-/m1/s1. The van der Waals surface area contributed by atoms with E-state index >= 15 is 0 Å². The number of carbonyl (C=O) groups excluding carboxylic acids is 1. The number of amides is 1. The van der Waals surface area contributed by atoms with E-state index in [-0.39, 0.29) is 11.7 Å². The summed E-state index contributed by atoms with van der Waals surface area (Å²) in [6, 6.07) is 6.62. The molecule has 1 aliphatic carbocycles. The number of nitrogens with zero attached hydrogens (tertiary/aromatic N) is 1. The van der Waals surface area contributed by atoms with Crippen LogP contribution >= 0.6 is 0 Å². The first-order valence-electron chi connectivity index (χ1n) is 8.94. The maximum Gasteiger partial charge on any atom is 0.233 e. The summed E-state index contributed by atoms with van der Waals surface area (Å²) in [5.74, 6) is -0.254. The van der Waals surface area contributed by atoms with Gasteiger partial charge in [0.2, 0.25) is 5.91 Å². The third-order valence-corrected chi connectivity index (χ3v) is 6.06. The van der Waals surface area contributed by atoms with Gasteiger partial charge in [-0.3, -0.25) is 4.79 Å². The average molecular weight is 333 g/mol. The predicted molar refractivity (Wildman–Crippen MR) is 87.0 cm³/mol. The molecule has 1 aromatic rings. The first-order chi connectivity index (χ1) is 11.6. The van der Waals surface area contributed by atoms with Gasteiger partial charge in [0.1, 0.15) is 5.82 Å². The van der Waals surface area contributed by atoms with Crippen LogP contribution in [0.15, 0.2) is 24.3 Å². The Hall–Kier alpha value is -1.46. The fourth-order valence-corrected chi connectivity index (χ4v) is 4.35. The third-order valence-electron chi connectivity index (χ3n) is 6.06. The van der Waals surface area contributed by atoms with Gasteiger partial charge in [-0.05, 0) is 44.6 Å². The number of piperidine rings is 1. The van der Waals surface area contributed by atoms with E-state index in [4.69, 9.17) is 4.74 Å². The molecule has 3 aliphatic rings. The van der Waals surface area contributed by atoms with Crippen molar-refractivity contribution in [2.75, 3.05) is 19.7 Å². The number of rotatable bonds is 2. The van der Waals surface area contributed by atoms with Crippen molar-refractivity contribution in [2.24, 2.45) is 0 Å². The van der Waals surface area contributed by atoms with Crippen LogP contribution in [0.5, 0.6) is 0 Å². The molecule has 0 bridgehead atoms. The minimum Gasteiger partial charge on any atom is -0.390 e. The molecule has 4 nitrogen and oxygen atoms in total. The van der Waals surface area contributed by atoms with Crippen molar-refractivity contribution in [3.8, 4) is 0 Å². The highest BCUT2D eigenvalue weighted by atomic mass is 19.1. The summed E-state index contributed by atoms with van der Waals surface area (Å²) in [5.41, 5.74) is -0.615. The Morgan fingerprint density at radius 3 is 2.54 bits per heavy atom. The van der Waals surface area contributed by atoms with Crippen LogP contribution < -0.4 is 0 Å². The Kier molecular flexibility index (Phi) is 3.88. The maximum atomic E-state index is 14.2. The molecule has 1 saturated carbocycles. The van der Waals surface area contributed by atoms with Gasteiger partial charge in [0.25, 0.3) is 0 Å². The van der Waals surface area contributed by atoms with Gasteiger partial charge in [0.05, 0.1) is 17.1 Å². The van der Waals surface area contributed by atoms with E-state index in [2.05, 4.69) is 0 Å². The van der Waals surface area contributed by atoms with Crippen molar-refractivity contribution in [3.63, 3.8) is 0 Å². The van der Waals surface area contributed by atoms with Gasteiger partial charge in [-0.2, -0.15) is 0 Å². The van der Waals surface area contributed by atoms with Crippen molar-refractivity contribution in [1.29, 1.82) is 0 Å². The second kappa shape index (κ2) is 5.81. The van der Waals surface area contributed by atoms with Gasteiger partial charge < -0.3 is 14.7 Å². The van der Waals surface area contributed by atoms with Crippen LogP contribution in [0.1, 0.15) is 44.1 Å². The van der Waals surface area contributed by atoms with Crippen LogP contribution in [0, 0.1) is 5.82 Å². The molecule has 4 rings (SSSR count).